The van der Waals surface area contributed by atoms with E-state index in [1.54, 1.807) is 0 Å². The van der Waals surface area contributed by atoms with Gasteiger partial charge in [0.15, 0.2) is 0 Å². The molecule has 0 spiro atoms. The van der Waals surface area contributed by atoms with Gasteiger partial charge in [-0.05, 0) is 30.3 Å². The Kier molecular flexibility index (Phi) is 6.27. The Hall–Kier alpha value is -2.29. The van der Waals surface area contributed by atoms with E-state index >= 15 is 0 Å². The van der Waals surface area contributed by atoms with Crippen LogP contribution in [0.5, 0.6) is 0 Å². The first-order chi connectivity index (χ1) is 12.9. The molecule has 150 valence electrons. The summed E-state index contributed by atoms with van der Waals surface area (Å²) in [7, 11) is 2.12. The van der Waals surface area contributed by atoms with Crippen molar-refractivity contribution < 1.29 is 32.6 Å². The van der Waals surface area contributed by atoms with Crippen LogP contribution in [0.25, 0.3) is 0 Å². The molecule has 0 aromatic heterocycles. The summed E-state index contributed by atoms with van der Waals surface area (Å²) in [6.45, 7) is 0. The number of benzene rings is 2. The summed E-state index contributed by atoms with van der Waals surface area (Å²) in [6, 6.07) is 8.33. The number of carbonyl (C=O) groups excluding carboxylic acids is 2. The second-order valence-corrected chi connectivity index (χ2v) is 6.58. The predicted molar refractivity (Wildman–Crippen MR) is 97.6 cm³/mol. The highest BCUT2D eigenvalue weighted by molar-refractivity contribution is 6.37. The maximum absolute atomic E-state index is 13.3. The van der Waals surface area contributed by atoms with Gasteiger partial charge in [0.25, 0.3) is 11.5 Å². The molecular formula is C18H14Cl2F3NO4. The highest BCUT2D eigenvalue weighted by atomic mass is 35.5. The van der Waals surface area contributed by atoms with Crippen molar-refractivity contribution in [2.75, 3.05) is 19.1 Å². The second kappa shape index (κ2) is 7.98. The zero-order valence-electron chi connectivity index (χ0n) is 14.6. The maximum Gasteiger partial charge on any atom is 0.432 e. The quantitative estimate of drug-likeness (QED) is 0.731. The van der Waals surface area contributed by atoms with E-state index in [0.717, 1.165) is 36.3 Å². The van der Waals surface area contributed by atoms with Crippen LogP contribution in [-0.2, 0) is 15.1 Å². The number of alkyl halides is 3. The first-order valence-corrected chi connectivity index (χ1v) is 8.40. The van der Waals surface area contributed by atoms with Crippen LogP contribution in [0.15, 0.2) is 42.5 Å². The van der Waals surface area contributed by atoms with Crippen molar-refractivity contribution in [1.82, 2.24) is 0 Å². The highest BCUT2D eigenvalue weighted by Gasteiger charge is 2.62. The first-order valence-electron chi connectivity index (χ1n) is 7.64. The van der Waals surface area contributed by atoms with Gasteiger partial charge in [0.1, 0.15) is 0 Å². The van der Waals surface area contributed by atoms with Crippen LogP contribution < -0.4 is 4.90 Å². The van der Waals surface area contributed by atoms with Crippen LogP contribution in [-0.4, -0.2) is 37.3 Å². The van der Waals surface area contributed by atoms with E-state index < -0.39 is 29.2 Å². The lowest BCUT2D eigenvalue weighted by Gasteiger charge is -2.28. The van der Waals surface area contributed by atoms with E-state index in [2.05, 4.69) is 4.74 Å². The number of nitrogens with zero attached hydrogens (tertiary/aromatic N) is 1. The number of esters is 1. The topological polar surface area (TPSA) is 66.8 Å². The number of amides is 1. The molecule has 2 rings (SSSR count). The summed E-state index contributed by atoms with van der Waals surface area (Å²) >= 11 is 11.8. The predicted octanol–water partition coefficient (Wildman–Crippen LogP) is 4.19. The van der Waals surface area contributed by atoms with Gasteiger partial charge in [-0.25, -0.2) is 4.79 Å². The molecule has 0 saturated carbocycles. The van der Waals surface area contributed by atoms with Crippen molar-refractivity contribution in [1.29, 1.82) is 0 Å². The molecule has 1 amide bonds. The van der Waals surface area contributed by atoms with E-state index in [4.69, 9.17) is 23.2 Å². The van der Waals surface area contributed by atoms with Gasteiger partial charge in [0.05, 0.1) is 17.7 Å². The molecule has 2 aromatic rings. The number of halogens is 5. The van der Waals surface area contributed by atoms with Gasteiger partial charge in [-0.3, -0.25) is 4.79 Å². The lowest BCUT2D eigenvalue weighted by Crippen LogP contribution is -2.49. The number of aliphatic hydroxyl groups is 1. The fourth-order valence-corrected chi connectivity index (χ4v) is 2.92. The summed E-state index contributed by atoms with van der Waals surface area (Å²) in [5.41, 5.74) is -4.24. The van der Waals surface area contributed by atoms with Gasteiger partial charge in [-0.2, -0.15) is 13.2 Å². The number of carbonyl (C=O) groups is 2. The van der Waals surface area contributed by atoms with Crippen molar-refractivity contribution >= 4 is 40.8 Å². The second-order valence-electron chi connectivity index (χ2n) is 5.73. The number of methoxy groups -OCH3 is 1. The minimum absolute atomic E-state index is 0.109. The van der Waals surface area contributed by atoms with Crippen molar-refractivity contribution in [3.05, 3.63) is 63.6 Å². The molecule has 1 N–H and O–H groups in total. The average Bonchev–Trinajstić information content (AvgIpc) is 2.64. The minimum Gasteiger partial charge on any atom is -0.466 e. The summed E-state index contributed by atoms with van der Waals surface area (Å²) in [5.74, 6) is -2.40. The first kappa shape index (κ1) is 22.0. The molecular weight excluding hydrogens is 422 g/mol. The third-order valence-electron chi connectivity index (χ3n) is 4.03. The number of ether oxygens (including phenoxy) is 1. The smallest absolute Gasteiger partial charge is 0.432 e. The lowest BCUT2D eigenvalue weighted by atomic mass is 9.93. The third kappa shape index (κ3) is 3.94. The molecule has 28 heavy (non-hydrogen) atoms. The third-order valence-corrected chi connectivity index (χ3v) is 4.58. The number of anilines is 1. The molecule has 0 aliphatic rings. The molecule has 0 aliphatic carbocycles. The van der Waals surface area contributed by atoms with Crippen LogP contribution in [0, 0.1) is 0 Å². The van der Waals surface area contributed by atoms with Crippen molar-refractivity contribution in [2.24, 2.45) is 0 Å². The molecule has 0 heterocycles. The van der Waals surface area contributed by atoms with E-state index in [-0.39, 0.29) is 16.3 Å². The molecule has 0 unspecified atom stereocenters. The molecule has 0 radical (unpaired) electrons. The molecule has 0 fully saturated rings. The number of hydrogen-bond acceptors (Lipinski definition) is 4. The van der Waals surface area contributed by atoms with E-state index in [0.29, 0.717) is 5.02 Å². The Balaban J connectivity index is 2.37. The molecule has 5 nitrogen and oxygen atoms in total. The largest absolute Gasteiger partial charge is 0.466 e. The van der Waals surface area contributed by atoms with Gasteiger partial charge >= 0.3 is 12.1 Å². The zero-order chi connectivity index (χ0) is 21.3. The number of hydrogen-bond donors (Lipinski definition) is 1. The summed E-state index contributed by atoms with van der Waals surface area (Å²) < 4.78 is 43.9. The van der Waals surface area contributed by atoms with Crippen molar-refractivity contribution in [2.45, 2.75) is 11.8 Å². The Morgan fingerprint density at radius 1 is 1.07 bits per heavy atom. The molecule has 0 aliphatic heterocycles. The molecule has 0 bridgehead atoms. The van der Waals surface area contributed by atoms with Gasteiger partial charge in [-0.15, -0.1) is 0 Å². The summed E-state index contributed by atoms with van der Waals surface area (Å²) in [6.07, 6.45) is -5.31. The average molecular weight is 436 g/mol. The van der Waals surface area contributed by atoms with Gasteiger partial charge < -0.3 is 14.7 Å². The number of rotatable bonds is 4. The molecule has 0 saturated heterocycles. The van der Waals surface area contributed by atoms with Crippen LogP contribution in [0.4, 0.5) is 18.9 Å². The van der Waals surface area contributed by atoms with Gasteiger partial charge in [-0.1, -0.05) is 35.3 Å². The highest BCUT2D eigenvalue weighted by Crippen LogP contribution is 2.40. The summed E-state index contributed by atoms with van der Waals surface area (Å²) in [5, 5.41) is 10.4. The van der Waals surface area contributed by atoms with Crippen LogP contribution in [0.1, 0.15) is 15.9 Å². The Morgan fingerprint density at radius 2 is 1.64 bits per heavy atom. The maximum atomic E-state index is 13.3. The summed E-state index contributed by atoms with van der Waals surface area (Å²) in [4.78, 5) is 25.3. The zero-order valence-corrected chi connectivity index (χ0v) is 16.1. The molecule has 2 aromatic carbocycles. The Bertz CT molecular complexity index is 903. The molecule has 10 heteroatoms. The van der Waals surface area contributed by atoms with E-state index in [1.165, 1.54) is 25.2 Å². The fraction of sp³-hybridized carbons (Fsp3) is 0.222. The fourth-order valence-electron chi connectivity index (χ4n) is 2.43. The van der Waals surface area contributed by atoms with Gasteiger partial charge in [0, 0.05) is 23.3 Å². The van der Waals surface area contributed by atoms with Crippen LogP contribution >= 0.6 is 23.2 Å². The monoisotopic (exact) mass is 435 g/mol. The minimum atomic E-state index is -5.31. The van der Waals surface area contributed by atoms with Crippen molar-refractivity contribution in [3.8, 4) is 0 Å². The SMILES string of the molecule is COC(=O)[C@@](O)(c1ccc(N(C)C(=O)c2ccc(Cl)cc2Cl)cc1)C(F)(F)F. The van der Waals surface area contributed by atoms with Crippen LogP contribution in [0.2, 0.25) is 10.0 Å². The van der Waals surface area contributed by atoms with E-state index in [9.17, 15) is 27.9 Å². The van der Waals surface area contributed by atoms with Crippen LogP contribution in [0.3, 0.4) is 0 Å². The van der Waals surface area contributed by atoms with Crippen molar-refractivity contribution in [3.63, 3.8) is 0 Å². The standard InChI is InChI=1S/C18H14Cl2F3NO4/c1-24(15(25)13-8-5-11(19)9-14(13)20)12-6-3-10(4-7-12)17(27,16(26)28-2)18(21,22)23/h3-9,27H,1-2H3/t17-/m0/s1. The lowest BCUT2D eigenvalue weighted by molar-refractivity contribution is -0.266. The van der Waals surface area contributed by atoms with Gasteiger partial charge in [0.2, 0.25) is 0 Å². The molecule has 1 atom stereocenters. The van der Waals surface area contributed by atoms with E-state index in [1.807, 2.05) is 0 Å². The normalized spacial score (nSPS) is 13.6. The Morgan fingerprint density at radius 3 is 2.11 bits per heavy atom. The Labute approximate surface area is 168 Å².